The second kappa shape index (κ2) is 11.3. The Morgan fingerprint density at radius 3 is 1.45 bits per heavy atom. The highest BCUT2D eigenvalue weighted by Crippen LogP contribution is 2.26. The Morgan fingerprint density at radius 2 is 1.10 bits per heavy atom. The summed E-state index contributed by atoms with van der Waals surface area (Å²) in [5.41, 5.74) is 1.53. The Balaban J connectivity index is 0.00000361. The zero-order chi connectivity index (χ0) is 14.0. The Morgan fingerprint density at radius 1 is 0.700 bits per heavy atom. The molecule has 0 heterocycles. The van der Waals surface area contributed by atoms with E-state index in [1.807, 2.05) is 0 Å². The monoisotopic (exact) mass is 341 g/mol. The summed E-state index contributed by atoms with van der Waals surface area (Å²) in [6.45, 7) is 10.8. The van der Waals surface area contributed by atoms with Gasteiger partial charge in [0.05, 0.1) is 19.6 Å². The SMILES string of the molecule is CCCC[N+](CCCC)(CCCC)c1ccccc1.[Br-]. The van der Waals surface area contributed by atoms with Gasteiger partial charge in [0.25, 0.3) is 0 Å². The first kappa shape index (κ1) is 19.7. The van der Waals surface area contributed by atoms with Crippen molar-refractivity contribution in [3.05, 3.63) is 30.3 Å². The summed E-state index contributed by atoms with van der Waals surface area (Å²) in [5.74, 6) is 0. The van der Waals surface area contributed by atoms with E-state index in [1.54, 1.807) is 0 Å². The maximum Gasteiger partial charge on any atom is 0.132 e. The summed E-state index contributed by atoms with van der Waals surface area (Å²) in [4.78, 5) is 0. The van der Waals surface area contributed by atoms with E-state index in [-0.39, 0.29) is 17.0 Å². The summed E-state index contributed by atoms with van der Waals surface area (Å²) in [7, 11) is 0. The van der Waals surface area contributed by atoms with Crippen molar-refractivity contribution in [3.63, 3.8) is 0 Å². The number of benzene rings is 1. The molecule has 0 saturated carbocycles. The van der Waals surface area contributed by atoms with Gasteiger partial charge in [-0.2, -0.15) is 0 Å². The highest BCUT2D eigenvalue weighted by molar-refractivity contribution is 5.42. The number of halogens is 1. The van der Waals surface area contributed by atoms with Crippen LogP contribution in [0.1, 0.15) is 59.3 Å². The maximum atomic E-state index is 2.33. The molecule has 0 atom stereocenters. The largest absolute Gasteiger partial charge is 1.00 e. The van der Waals surface area contributed by atoms with Crippen molar-refractivity contribution in [1.29, 1.82) is 0 Å². The second-order valence-corrected chi connectivity index (χ2v) is 5.71. The average molecular weight is 342 g/mol. The zero-order valence-electron chi connectivity index (χ0n) is 13.6. The molecular weight excluding hydrogens is 310 g/mol. The number of unbranched alkanes of at least 4 members (excludes halogenated alkanes) is 3. The minimum absolute atomic E-state index is 0. The number of rotatable bonds is 10. The van der Waals surface area contributed by atoms with Gasteiger partial charge < -0.3 is 17.0 Å². The molecule has 0 radical (unpaired) electrons. The summed E-state index contributed by atoms with van der Waals surface area (Å²) >= 11 is 0. The van der Waals surface area contributed by atoms with E-state index in [0.717, 1.165) is 0 Å². The number of nitrogens with zero attached hydrogens (tertiary/aromatic N) is 1. The highest BCUT2D eigenvalue weighted by atomic mass is 79.9. The molecule has 116 valence electrons. The van der Waals surface area contributed by atoms with Crippen LogP contribution in [-0.4, -0.2) is 19.6 Å². The van der Waals surface area contributed by atoms with Crippen LogP contribution in [0.3, 0.4) is 0 Å². The lowest BCUT2D eigenvalue weighted by Crippen LogP contribution is -3.00. The van der Waals surface area contributed by atoms with Crippen molar-refractivity contribution in [2.24, 2.45) is 0 Å². The van der Waals surface area contributed by atoms with Gasteiger partial charge in [0.1, 0.15) is 5.69 Å². The molecule has 0 aliphatic heterocycles. The lowest BCUT2D eigenvalue weighted by Gasteiger charge is -2.38. The van der Waals surface area contributed by atoms with Crippen molar-refractivity contribution >= 4 is 5.69 Å². The smallest absolute Gasteiger partial charge is 0.132 e. The van der Waals surface area contributed by atoms with Crippen LogP contribution in [0.25, 0.3) is 0 Å². The minimum Gasteiger partial charge on any atom is -1.00 e. The fourth-order valence-electron chi connectivity index (χ4n) is 2.85. The van der Waals surface area contributed by atoms with Crippen LogP contribution >= 0.6 is 0 Å². The molecule has 20 heavy (non-hydrogen) atoms. The highest BCUT2D eigenvalue weighted by Gasteiger charge is 2.28. The van der Waals surface area contributed by atoms with Crippen LogP contribution in [0.15, 0.2) is 30.3 Å². The predicted octanol–water partition coefficient (Wildman–Crippen LogP) is 2.40. The number of quaternary nitrogens is 1. The van der Waals surface area contributed by atoms with Crippen molar-refractivity contribution in [2.75, 3.05) is 19.6 Å². The minimum atomic E-state index is 0. The standard InChI is InChI=1S/C18H32N.BrH/c1-4-7-15-19(16-8-5-2,17-9-6-3)18-13-11-10-12-14-18;/h10-14H,4-9,15-17H2,1-3H3;1H/q+1;/p-1. The van der Waals surface area contributed by atoms with Crippen LogP contribution in [0.2, 0.25) is 0 Å². The van der Waals surface area contributed by atoms with E-state index in [1.165, 1.54) is 68.3 Å². The molecule has 0 N–H and O–H groups in total. The summed E-state index contributed by atoms with van der Waals surface area (Å²) in [5, 5.41) is 0. The summed E-state index contributed by atoms with van der Waals surface area (Å²) in [6, 6.07) is 11.2. The van der Waals surface area contributed by atoms with E-state index < -0.39 is 0 Å². The fraction of sp³-hybridized carbons (Fsp3) is 0.667. The van der Waals surface area contributed by atoms with Crippen LogP contribution in [0.4, 0.5) is 5.69 Å². The van der Waals surface area contributed by atoms with Crippen LogP contribution in [0, 0.1) is 0 Å². The first-order valence-corrected chi connectivity index (χ1v) is 8.20. The molecular formula is C18H32BrN. The molecule has 0 amide bonds. The molecule has 1 aromatic rings. The van der Waals surface area contributed by atoms with Crippen LogP contribution in [-0.2, 0) is 0 Å². The molecule has 2 heteroatoms. The third kappa shape index (κ3) is 5.97. The zero-order valence-corrected chi connectivity index (χ0v) is 15.2. The van der Waals surface area contributed by atoms with Gasteiger partial charge in [0, 0.05) is 0 Å². The van der Waals surface area contributed by atoms with Gasteiger partial charge in [0.15, 0.2) is 0 Å². The van der Waals surface area contributed by atoms with Gasteiger partial charge in [-0.25, -0.2) is 0 Å². The molecule has 0 unspecified atom stereocenters. The van der Waals surface area contributed by atoms with Gasteiger partial charge in [0.2, 0.25) is 0 Å². The van der Waals surface area contributed by atoms with E-state index in [9.17, 15) is 0 Å². The van der Waals surface area contributed by atoms with Gasteiger partial charge in [-0.3, -0.25) is 4.48 Å². The van der Waals surface area contributed by atoms with Gasteiger partial charge in [-0.15, -0.1) is 0 Å². The number of para-hydroxylation sites is 1. The van der Waals surface area contributed by atoms with Crippen LogP contribution < -0.4 is 21.5 Å². The Bertz CT molecular complexity index is 302. The van der Waals surface area contributed by atoms with Crippen molar-refractivity contribution < 1.29 is 17.0 Å². The first-order chi connectivity index (χ1) is 9.29. The Hall–Kier alpha value is -0.340. The van der Waals surface area contributed by atoms with Crippen LogP contribution in [0.5, 0.6) is 0 Å². The molecule has 0 spiro atoms. The lowest BCUT2D eigenvalue weighted by atomic mass is 10.1. The molecule has 0 saturated heterocycles. The van der Waals surface area contributed by atoms with Crippen molar-refractivity contribution in [2.45, 2.75) is 59.3 Å². The van der Waals surface area contributed by atoms with Crippen molar-refractivity contribution in [1.82, 2.24) is 4.48 Å². The van der Waals surface area contributed by atoms with E-state index in [2.05, 4.69) is 51.1 Å². The quantitative estimate of drug-likeness (QED) is 0.573. The molecule has 0 fully saturated rings. The molecule has 1 aromatic carbocycles. The lowest BCUT2D eigenvalue weighted by molar-refractivity contribution is -0.00000419. The third-order valence-electron chi connectivity index (χ3n) is 4.12. The topological polar surface area (TPSA) is 0 Å². The summed E-state index contributed by atoms with van der Waals surface area (Å²) in [6.07, 6.45) is 7.90. The normalized spacial score (nSPS) is 11.2. The van der Waals surface area contributed by atoms with E-state index in [4.69, 9.17) is 0 Å². The molecule has 0 aromatic heterocycles. The number of hydrogen-bond acceptors (Lipinski definition) is 0. The van der Waals surface area contributed by atoms with Crippen molar-refractivity contribution in [3.8, 4) is 0 Å². The third-order valence-corrected chi connectivity index (χ3v) is 4.12. The molecule has 1 rings (SSSR count). The second-order valence-electron chi connectivity index (χ2n) is 5.71. The van der Waals surface area contributed by atoms with E-state index in [0.29, 0.717) is 0 Å². The van der Waals surface area contributed by atoms with E-state index >= 15 is 0 Å². The molecule has 0 aliphatic rings. The van der Waals surface area contributed by atoms with Gasteiger partial charge in [-0.1, -0.05) is 58.2 Å². The molecule has 0 aliphatic carbocycles. The molecule has 1 nitrogen and oxygen atoms in total. The number of hydrogen-bond donors (Lipinski definition) is 0. The van der Waals surface area contributed by atoms with Gasteiger partial charge >= 0.3 is 0 Å². The fourth-order valence-corrected chi connectivity index (χ4v) is 2.85. The first-order valence-electron chi connectivity index (χ1n) is 8.20. The summed E-state index contributed by atoms with van der Waals surface area (Å²) < 4.78 is 1.20. The Kier molecular flexibility index (Phi) is 11.1. The average Bonchev–Trinajstić information content (AvgIpc) is 2.48. The molecule has 0 bridgehead atoms. The predicted molar refractivity (Wildman–Crippen MR) is 87.6 cm³/mol. The Labute approximate surface area is 136 Å². The van der Waals surface area contributed by atoms with Gasteiger partial charge in [-0.05, 0) is 31.4 Å². The maximum absolute atomic E-state index is 2.33.